The van der Waals surface area contributed by atoms with Gasteiger partial charge in [-0.3, -0.25) is 10.7 Å². The summed E-state index contributed by atoms with van der Waals surface area (Å²) in [5, 5.41) is 17.0. The molecule has 0 aliphatic rings. The molecule has 0 radical (unpaired) electrons. The molecule has 0 atom stereocenters. The Morgan fingerprint density at radius 2 is 2.00 bits per heavy atom. The summed E-state index contributed by atoms with van der Waals surface area (Å²) < 4.78 is 0. The number of aryl methyl sites for hydroxylation is 1. The van der Waals surface area contributed by atoms with E-state index < -0.39 is 0 Å². The predicted octanol–water partition coefficient (Wildman–Crippen LogP) is 1.70. The molecule has 4 N–H and O–H groups in total. The molecule has 0 spiro atoms. The Kier molecular flexibility index (Phi) is 5.41. The Morgan fingerprint density at radius 3 is 2.46 bits per heavy atom. The van der Waals surface area contributed by atoms with Gasteiger partial charge in [-0.05, 0) is 30.2 Å². The maximum atomic E-state index is 8.57. The van der Waals surface area contributed by atoms with E-state index in [4.69, 9.17) is 10.4 Å². The van der Waals surface area contributed by atoms with Crippen LogP contribution in [0.4, 0.5) is 5.69 Å². The van der Waals surface area contributed by atoms with Gasteiger partial charge in [0, 0.05) is 6.54 Å². The molecule has 0 amide bonds. The van der Waals surface area contributed by atoms with Crippen LogP contribution in [-0.2, 0) is 6.54 Å². The standard InChI is InChI=1S/C8H12N2O2.ClH/c1-6-4-8(10-12)3-2-7(6)5-9-11;/h2-4,9-12H,5H2,1H3;1H. The number of hydrogen-bond donors (Lipinski definition) is 4. The second kappa shape index (κ2) is 5.77. The first-order chi connectivity index (χ1) is 5.77. The third-order valence-electron chi connectivity index (χ3n) is 1.74. The van der Waals surface area contributed by atoms with E-state index >= 15 is 0 Å². The fourth-order valence-corrected chi connectivity index (χ4v) is 1.05. The molecule has 0 saturated heterocycles. The largest absolute Gasteiger partial charge is 0.316 e. The Bertz CT molecular complexity index is 268. The molecule has 0 aliphatic heterocycles. The lowest BCUT2D eigenvalue weighted by atomic mass is 10.1. The molecular formula is C8H13ClN2O2. The van der Waals surface area contributed by atoms with Gasteiger partial charge in [-0.1, -0.05) is 6.07 Å². The van der Waals surface area contributed by atoms with Crippen LogP contribution >= 0.6 is 12.4 Å². The van der Waals surface area contributed by atoms with Crippen LogP contribution < -0.4 is 11.0 Å². The number of hydroxylamine groups is 1. The van der Waals surface area contributed by atoms with Gasteiger partial charge in [-0.15, -0.1) is 12.4 Å². The van der Waals surface area contributed by atoms with Gasteiger partial charge in [-0.25, -0.2) is 5.48 Å². The first-order valence-electron chi connectivity index (χ1n) is 3.64. The molecule has 5 heteroatoms. The first-order valence-corrected chi connectivity index (χ1v) is 3.64. The zero-order valence-electron chi connectivity index (χ0n) is 7.24. The average Bonchev–Trinajstić information content (AvgIpc) is 2.09. The summed E-state index contributed by atoms with van der Waals surface area (Å²) in [6.07, 6.45) is 0. The summed E-state index contributed by atoms with van der Waals surface area (Å²) in [6.45, 7) is 2.32. The van der Waals surface area contributed by atoms with Crippen molar-refractivity contribution in [2.45, 2.75) is 13.5 Å². The van der Waals surface area contributed by atoms with Crippen molar-refractivity contribution in [1.82, 2.24) is 5.48 Å². The Balaban J connectivity index is 0.00000144. The number of halogens is 1. The summed E-state index contributed by atoms with van der Waals surface area (Å²) in [6, 6.07) is 5.36. The van der Waals surface area contributed by atoms with Crippen LogP contribution in [0.5, 0.6) is 0 Å². The van der Waals surface area contributed by atoms with Crippen LogP contribution in [0.3, 0.4) is 0 Å². The number of hydrogen-bond acceptors (Lipinski definition) is 4. The monoisotopic (exact) mass is 204 g/mol. The number of anilines is 1. The lowest BCUT2D eigenvalue weighted by molar-refractivity contribution is 0.161. The molecule has 1 rings (SSSR count). The van der Waals surface area contributed by atoms with E-state index in [9.17, 15) is 0 Å². The van der Waals surface area contributed by atoms with Crippen molar-refractivity contribution in [2.75, 3.05) is 5.48 Å². The third kappa shape index (κ3) is 3.20. The highest BCUT2D eigenvalue weighted by atomic mass is 35.5. The smallest absolute Gasteiger partial charge is 0.0604 e. The lowest BCUT2D eigenvalue weighted by Crippen LogP contribution is -2.07. The van der Waals surface area contributed by atoms with Crippen molar-refractivity contribution in [3.05, 3.63) is 29.3 Å². The molecule has 0 saturated carbocycles. The van der Waals surface area contributed by atoms with Gasteiger partial charge in [0.2, 0.25) is 0 Å². The third-order valence-corrected chi connectivity index (χ3v) is 1.74. The molecule has 13 heavy (non-hydrogen) atoms. The van der Waals surface area contributed by atoms with Crippen molar-refractivity contribution >= 4 is 18.1 Å². The molecule has 0 fully saturated rings. The van der Waals surface area contributed by atoms with Gasteiger partial charge in [0.15, 0.2) is 0 Å². The molecule has 0 heterocycles. The maximum Gasteiger partial charge on any atom is 0.0604 e. The van der Waals surface area contributed by atoms with Crippen molar-refractivity contribution in [1.29, 1.82) is 0 Å². The summed E-state index contributed by atoms with van der Waals surface area (Å²) >= 11 is 0. The molecule has 0 aromatic heterocycles. The quantitative estimate of drug-likeness (QED) is 0.566. The predicted molar refractivity (Wildman–Crippen MR) is 52.5 cm³/mol. The fraction of sp³-hybridized carbons (Fsp3) is 0.250. The number of rotatable bonds is 3. The minimum absolute atomic E-state index is 0. The van der Waals surface area contributed by atoms with Gasteiger partial charge < -0.3 is 5.21 Å². The van der Waals surface area contributed by atoms with Gasteiger partial charge in [0.25, 0.3) is 0 Å². The summed E-state index contributed by atoms with van der Waals surface area (Å²) in [5.41, 5.74) is 6.79. The second-order valence-electron chi connectivity index (χ2n) is 2.59. The molecule has 4 nitrogen and oxygen atoms in total. The van der Waals surface area contributed by atoms with E-state index in [2.05, 4.69) is 11.0 Å². The van der Waals surface area contributed by atoms with Crippen molar-refractivity contribution in [3.8, 4) is 0 Å². The van der Waals surface area contributed by atoms with E-state index in [0.717, 1.165) is 11.1 Å². The van der Waals surface area contributed by atoms with Crippen LogP contribution in [0, 0.1) is 6.92 Å². The second-order valence-corrected chi connectivity index (χ2v) is 2.59. The minimum Gasteiger partial charge on any atom is -0.316 e. The van der Waals surface area contributed by atoms with Gasteiger partial charge >= 0.3 is 0 Å². The van der Waals surface area contributed by atoms with Gasteiger partial charge in [-0.2, -0.15) is 0 Å². The zero-order chi connectivity index (χ0) is 8.97. The van der Waals surface area contributed by atoms with E-state index in [1.54, 1.807) is 12.1 Å². The molecule has 0 aliphatic carbocycles. The Labute approximate surface area is 82.9 Å². The number of nitrogens with one attached hydrogen (secondary N) is 2. The molecular weight excluding hydrogens is 192 g/mol. The van der Waals surface area contributed by atoms with Gasteiger partial charge in [0.05, 0.1) is 5.69 Å². The lowest BCUT2D eigenvalue weighted by Gasteiger charge is -2.06. The zero-order valence-corrected chi connectivity index (χ0v) is 8.06. The summed E-state index contributed by atoms with van der Waals surface area (Å²) in [7, 11) is 0. The van der Waals surface area contributed by atoms with E-state index in [-0.39, 0.29) is 12.4 Å². The van der Waals surface area contributed by atoms with Gasteiger partial charge in [0.1, 0.15) is 0 Å². The molecule has 1 aromatic rings. The van der Waals surface area contributed by atoms with Crippen LogP contribution in [-0.4, -0.2) is 10.4 Å². The van der Waals surface area contributed by atoms with Crippen LogP contribution in [0.2, 0.25) is 0 Å². The van der Waals surface area contributed by atoms with E-state index in [1.807, 2.05) is 13.0 Å². The summed E-state index contributed by atoms with van der Waals surface area (Å²) in [5.74, 6) is 0. The van der Waals surface area contributed by atoms with Crippen LogP contribution in [0.25, 0.3) is 0 Å². The van der Waals surface area contributed by atoms with Crippen LogP contribution in [0.15, 0.2) is 18.2 Å². The Hall–Kier alpha value is -0.810. The molecule has 1 aromatic carbocycles. The highest BCUT2D eigenvalue weighted by molar-refractivity contribution is 5.85. The fourth-order valence-electron chi connectivity index (χ4n) is 1.05. The first kappa shape index (κ1) is 12.2. The van der Waals surface area contributed by atoms with Crippen molar-refractivity contribution in [2.24, 2.45) is 0 Å². The van der Waals surface area contributed by atoms with Crippen LogP contribution in [0.1, 0.15) is 11.1 Å². The SMILES string of the molecule is Cc1cc(NO)ccc1CNO.Cl. The maximum absolute atomic E-state index is 8.57. The van der Waals surface area contributed by atoms with Crippen molar-refractivity contribution < 1.29 is 10.4 Å². The normalized spacial score (nSPS) is 9.15. The highest BCUT2D eigenvalue weighted by Gasteiger charge is 1.97. The van der Waals surface area contributed by atoms with E-state index in [0.29, 0.717) is 12.2 Å². The Morgan fingerprint density at radius 1 is 1.31 bits per heavy atom. The molecule has 0 bridgehead atoms. The molecule has 0 unspecified atom stereocenters. The number of benzene rings is 1. The summed E-state index contributed by atoms with van der Waals surface area (Å²) in [4.78, 5) is 0. The minimum atomic E-state index is 0. The topological polar surface area (TPSA) is 64.5 Å². The van der Waals surface area contributed by atoms with E-state index in [1.165, 1.54) is 0 Å². The highest BCUT2D eigenvalue weighted by Crippen LogP contribution is 2.13. The van der Waals surface area contributed by atoms with Crippen molar-refractivity contribution in [3.63, 3.8) is 0 Å². The molecule has 74 valence electrons. The average molecular weight is 205 g/mol.